The molecule has 1 fully saturated rings. The second kappa shape index (κ2) is 4.96. The molecule has 1 aliphatic rings. The Morgan fingerprint density at radius 2 is 2.38 bits per heavy atom. The van der Waals surface area contributed by atoms with Crippen LogP contribution in [0, 0.1) is 6.92 Å². The molecule has 6 heteroatoms. The third kappa shape index (κ3) is 3.22. The van der Waals surface area contributed by atoms with Crippen molar-refractivity contribution in [1.82, 2.24) is 20.8 Å². The van der Waals surface area contributed by atoms with Crippen LogP contribution in [0.15, 0.2) is 9.52 Å². The number of hydrogen-bond acceptors (Lipinski definition) is 4. The molecule has 88 valence electrons. The molecule has 1 aliphatic carbocycles. The average Bonchev–Trinajstić information content (AvgIpc) is 3.00. The molecule has 0 aliphatic heterocycles. The van der Waals surface area contributed by atoms with Crippen molar-refractivity contribution in [2.45, 2.75) is 32.2 Å². The number of rotatable bonds is 4. The van der Waals surface area contributed by atoms with Crippen molar-refractivity contribution >= 4 is 5.96 Å². The Labute approximate surface area is 94.5 Å². The van der Waals surface area contributed by atoms with Crippen LogP contribution < -0.4 is 10.6 Å². The zero-order chi connectivity index (χ0) is 11.4. The minimum absolute atomic E-state index is 0.608. The van der Waals surface area contributed by atoms with Crippen LogP contribution in [0.1, 0.15) is 24.6 Å². The van der Waals surface area contributed by atoms with Crippen molar-refractivity contribution in [3.63, 3.8) is 0 Å². The van der Waals surface area contributed by atoms with Crippen LogP contribution in [0.25, 0.3) is 0 Å². The molecule has 1 aromatic heterocycles. The summed E-state index contributed by atoms with van der Waals surface area (Å²) in [6.45, 7) is 2.56. The lowest BCUT2D eigenvalue weighted by atomic mass is 10.4. The molecule has 2 N–H and O–H groups in total. The smallest absolute Gasteiger partial charge is 0.228 e. The van der Waals surface area contributed by atoms with Gasteiger partial charge in [-0.05, 0) is 19.8 Å². The number of hydrogen-bond donors (Lipinski definition) is 2. The summed E-state index contributed by atoms with van der Waals surface area (Å²) in [7, 11) is 1.77. The number of guanidine groups is 1. The highest BCUT2D eigenvalue weighted by Crippen LogP contribution is 2.18. The van der Waals surface area contributed by atoms with E-state index in [1.807, 2.05) is 6.92 Å². The molecule has 0 unspecified atom stereocenters. The van der Waals surface area contributed by atoms with E-state index in [4.69, 9.17) is 4.52 Å². The van der Waals surface area contributed by atoms with E-state index in [0.717, 1.165) is 12.5 Å². The molecule has 0 spiro atoms. The molecule has 1 aromatic rings. The zero-order valence-corrected chi connectivity index (χ0v) is 9.66. The molecule has 0 atom stereocenters. The molecule has 16 heavy (non-hydrogen) atoms. The number of aliphatic imine (C=N–C) groups is 1. The van der Waals surface area contributed by atoms with Gasteiger partial charge >= 0.3 is 0 Å². The first-order valence-corrected chi connectivity index (χ1v) is 5.54. The largest absolute Gasteiger partial charge is 0.356 e. The quantitative estimate of drug-likeness (QED) is 0.565. The van der Waals surface area contributed by atoms with Gasteiger partial charge in [-0.2, -0.15) is 4.98 Å². The van der Waals surface area contributed by atoms with Gasteiger partial charge in [-0.25, -0.2) is 0 Å². The van der Waals surface area contributed by atoms with Crippen molar-refractivity contribution in [1.29, 1.82) is 0 Å². The van der Waals surface area contributed by atoms with E-state index in [1.165, 1.54) is 12.8 Å². The van der Waals surface area contributed by atoms with Crippen molar-refractivity contribution in [2.24, 2.45) is 4.99 Å². The third-order valence-electron chi connectivity index (χ3n) is 2.34. The van der Waals surface area contributed by atoms with Crippen LogP contribution in [-0.4, -0.2) is 35.7 Å². The molecule has 0 saturated heterocycles. The monoisotopic (exact) mass is 223 g/mol. The fourth-order valence-corrected chi connectivity index (χ4v) is 1.35. The van der Waals surface area contributed by atoms with Gasteiger partial charge in [0.25, 0.3) is 0 Å². The van der Waals surface area contributed by atoms with Crippen molar-refractivity contribution in [2.75, 3.05) is 13.6 Å². The van der Waals surface area contributed by atoms with E-state index in [2.05, 4.69) is 25.8 Å². The summed E-state index contributed by atoms with van der Waals surface area (Å²) in [4.78, 5) is 8.26. The first-order chi connectivity index (χ1) is 7.78. The van der Waals surface area contributed by atoms with Gasteiger partial charge in [-0.1, -0.05) is 5.16 Å². The van der Waals surface area contributed by atoms with Crippen molar-refractivity contribution < 1.29 is 4.52 Å². The van der Waals surface area contributed by atoms with Gasteiger partial charge in [0, 0.05) is 26.1 Å². The maximum atomic E-state index is 5.01. The topological polar surface area (TPSA) is 75.3 Å². The highest BCUT2D eigenvalue weighted by Gasteiger charge is 2.21. The molecular formula is C10H17N5O. The van der Waals surface area contributed by atoms with E-state index in [-0.39, 0.29) is 0 Å². The van der Waals surface area contributed by atoms with Crippen molar-refractivity contribution in [3.05, 3.63) is 11.7 Å². The maximum Gasteiger partial charge on any atom is 0.228 e. The molecule has 6 nitrogen and oxygen atoms in total. The van der Waals surface area contributed by atoms with Crippen LogP contribution >= 0.6 is 0 Å². The molecule has 1 heterocycles. The number of nitrogens with one attached hydrogen (secondary N) is 2. The molecule has 0 bridgehead atoms. The van der Waals surface area contributed by atoms with Gasteiger partial charge < -0.3 is 15.2 Å². The second-order valence-corrected chi connectivity index (χ2v) is 3.90. The zero-order valence-electron chi connectivity index (χ0n) is 9.66. The minimum atomic E-state index is 0.608. The lowest BCUT2D eigenvalue weighted by Crippen LogP contribution is -2.39. The fourth-order valence-electron chi connectivity index (χ4n) is 1.35. The van der Waals surface area contributed by atoms with Gasteiger partial charge in [-0.15, -0.1) is 0 Å². The summed E-state index contributed by atoms with van der Waals surface area (Å²) in [6, 6.07) is 0.608. The van der Waals surface area contributed by atoms with E-state index in [0.29, 0.717) is 24.2 Å². The highest BCUT2D eigenvalue weighted by molar-refractivity contribution is 5.80. The first kappa shape index (κ1) is 10.9. The Balaban J connectivity index is 1.69. The Kier molecular flexibility index (Phi) is 3.38. The van der Waals surface area contributed by atoms with Crippen LogP contribution in [0.4, 0.5) is 0 Å². The normalized spacial score (nSPS) is 16.2. The van der Waals surface area contributed by atoms with Crippen LogP contribution in [0.3, 0.4) is 0 Å². The van der Waals surface area contributed by atoms with Gasteiger partial charge in [0.1, 0.15) is 0 Å². The Morgan fingerprint density at radius 3 is 2.94 bits per heavy atom. The lowest BCUT2D eigenvalue weighted by molar-refractivity contribution is 0.374. The highest BCUT2D eigenvalue weighted by atomic mass is 16.5. The number of aromatic nitrogens is 2. The fraction of sp³-hybridized carbons (Fsp3) is 0.700. The van der Waals surface area contributed by atoms with Gasteiger partial charge in [0.2, 0.25) is 5.89 Å². The van der Waals surface area contributed by atoms with E-state index in [9.17, 15) is 0 Å². The summed E-state index contributed by atoms with van der Waals surface area (Å²) >= 11 is 0. The number of aryl methyl sites for hydroxylation is 1. The maximum absolute atomic E-state index is 5.01. The van der Waals surface area contributed by atoms with Gasteiger partial charge in [0.05, 0.1) is 0 Å². The summed E-state index contributed by atoms with van der Waals surface area (Å²) < 4.78 is 5.01. The summed E-state index contributed by atoms with van der Waals surface area (Å²) in [5.74, 6) is 2.18. The summed E-state index contributed by atoms with van der Waals surface area (Å²) in [5.41, 5.74) is 0. The first-order valence-electron chi connectivity index (χ1n) is 5.54. The molecule has 1 saturated carbocycles. The summed E-state index contributed by atoms with van der Waals surface area (Å²) in [6.07, 6.45) is 3.19. The van der Waals surface area contributed by atoms with Crippen LogP contribution in [-0.2, 0) is 6.42 Å². The lowest BCUT2D eigenvalue weighted by Gasteiger charge is -2.09. The van der Waals surface area contributed by atoms with E-state index < -0.39 is 0 Å². The van der Waals surface area contributed by atoms with Crippen LogP contribution in [0.5, 0.6) is 0 Å². The second-order valence-electron chi connectivity index (χ2n) is 3.90. The van der Waals surface area contributed by atoms with E-state index >= 15 is 0 Å². The predicted octanol–water partition coefficient (Wildman–Crippen LogP) is 0.248. The van der Waals surface area contributed by atoms with Gasteiger partial charge in [-0.3, -0.25) is 4.99 Å². The van der Waals surface area contributed by atoms with Crippen LogP contribution in [0.2, 0.25) is 0 Å². The standard InChI is InChI=1S/C10H17N5O/c1-7-13-9(16-15-7)5-6-12-10(11-2)14-8-3-4-8/h8H,3-6H2,1-2H3,(H2,11,12,14). The SMILES string of the molecule is CN=C(NCCc1nc(C)no1)NC1CC1. The van der Waals surface area contributed by atoms with Gasteiger partial charge in [0.15, 0.2) is 11.8 Å². The third-order valence-corrected chi connectivity index (χ3v) is 2.34. The average molecular weight is 223 g/mol. The van der Waals surface area contributed by atoms with E-state index in [1.54, 1.807) is 7.05 Å². The molecule has 0 amide bonds. The Hall–Kier alpha value is -1.59. The predicted molar refractivity (Wildman–Crippen MR) is 60.3 cm³/mol. The minimum Gasteiger partial charge on any atom is -0.356 e. The molecule has 0 aromatic carbocycles. The molecular weight excluding hydrogens is 206 g/mol. The molecule has 0 radical (unpaired) electrons. The Bertz CT molecular complexity index is 369. The molecule has 2 rings (SSSR count). The summed E-state index contributed by atoms with van der Waals surface area (Å²) in [5, 5.41) is 10.2. The Morgan fingerprint density at radius 1 is 1.56 bits per heavy atom. The number of nitrogens with zero attached hydrogens (tertiary/aromatic N) is 3. The van der Waals surface area contributed by atoms with Crippen molar-refractivity contribution in [3.8, 4) is 0 Å².